The van der Waals surface area contributed by atoms with Crippen LogP contribution in [0.4, 0.5) is 0 Å². The van der Waals surface area contributed by atoms with Gasteiger partial charge in [-0.2, -0.15) is 5.10 Å². The van der Waals surface area contributed by atoms with Crippen LogP contribution in [0.5, 0.6) is 0 Å². The molecule has 0 bridgehead atoms. The zero-order valence-electron chi connectivity index (χ0n) is 12.4. The van der Waals surface area contributed by atoms with Crippen LogP contribution in [0, 0.1) is 13.8 Å². The number of fused-ring (bicyclic) bond motifs is 1. The highest BCUT2D eigenvalue weighted by molar-refractivity contribution is 5.86. The number of nitrogens with one attached hydrogen (secondary N) is 1. The van der Waals surface area contributed by atoms with Crippen LogP contribution in [-0.2, 0) is 4.74 Å². The maximum absolute atomic E-state index is 12.7. The minimum atomic E-state index is 0.00986. The van der Waals surface area contributed by atoms with E-state index in [9.17, 15) is 4.79 Å². The molecule has 2 atom stereocenters. The third-order valence-corrected chi connectivity index (χ3v) is 4.18. The fourth-order valence-corrected chi connectivity index (χ4v) is 3.35. The van der Waals surface area contributed by atoms with Gasteiger partial charge in [0.1, 0.15) is 0 Å². The number of ether oxygens (including phenoxy) is 1. The Kier molecular flexibility index (Phi) is 3.17. The number of H-pyrrole nitrogens is 1. The minimum absolute atomic E-state index is 0.00986. The van der Waals surface area contributed by atoms with Crippen molar-refractivity contribution in [2.24, 2.45) is 0 Å². The molecular formula is C15H21N3O2. The number of aromatic nitrogens is 3. The summed E-state index contributed by atoms with van der Waals surface area (Å²) < 4.78 is 7.39. The Morgan fingerprint density at radius 3 is 2.55 bits per heavy atom. The molecule has 2 unspecified atom stereocenters. The molecule has 0 aromatic carbocycles. The first-order chi connectivity index (χ1) is 9.47. The van der Waals surface area contributed by atoms with Crippen molar-refractivity contribution in [3.05, 3.63) is 27.9 Å². The first kappa shape index (κ1) is 13.4. The molecule has 3 heterocycles. The molecule has 0 spiro atoms. The highest BCUT2D eigenvalue weighted by Crippen LogP contribution is 2.28. The Bertz CT molecular complexity index is 691. The lowest BCUT2D eigenvalue weighted by molar-refractivity contribution is -0.0513. The monoisotopic (exact) mass is 275 g/mol. The van der Waals surface area contributed by atoms with E-state index in [1.165, 1.54) is 0 Å². The van der Waals surface area contributed by atoms with Crippen LogP contribution in [-0.4, -0.2) is 27.0 Å². The topological polar surface area (TPSA) is 59.9 Å². The van der Waals surface area contributed by atoms with Gasteiger partial charge in [0.05, 0.1) is 29.8 Å². The highest BCUT2D eigenvalue weighted by atomic mass is 16.5. The highest BCUT2D eigenvalue weighted by Gasteiger charge is 2.27. The van der Waals surface area contributed by atoms with Gasteiger partial charge in [-0.3, -0.25) is 4.79 Å². The molecule has 0 aliphatic carbocycles. The SMILES string of the molecule is Cc1[nH]c(C)c2c(=O)n(C3CC(C)OC(C)C3)ncc12. The van der Waals surface area contributed by atoms with Gasteiger partial charge in [-0.1, -0.05) is 0 Å². The maximum Gasteiger partial charge on any atom is 0.276 e. The number of hydrogen-bond acceptors (Lipinski definition) is 3. The van der Waals surface area contributed by atoms with Crippen molar-refractivity contribution < 1.29 is 4.74 Å². The molecular weight excluding hydrogens is 254 g/mol. The molecule has 3 rings (SSSR count). The predicted molar refractivity (Wildman–Crippen MR) is 78.1 cm³/mol. The van der Waals surface area contributed by atoms with E-state index < -0.39 is 0 Å². The fraction of sp³-hybridized carbons (Fsp3) is 0.600. The number of rotatable bonds is 1. The number of aromatic amines is 1. The van der Waals surface area contributed by atoms with E-state index in [2.05, 4.69) is 23.9 Å². The molecule has 1 aliphatic rings. The van der Waals surface area contributed by atoms with Crippen molar-refractivity contribution in [2.45, 2.75) is 58.8 Å². The van der Waals surface area contributed by atoms with E-state index in [0.717, 1.165) is 35.0 Å². The van der Waals surface area contributed by atoms with E-state index in [1.807, 2.05) is 13.8 Å². The summed E-state index contributed by atoms with van der Waals surface area (Å²) in [7, 11) is 0. The molecule has 2 aromatic rings. The normalized spacial score (nSPS) is 27.1. The van der Waals surface area contributed by atoms with E-state index >= 15 is 0 Å². The lowest BCUT2D eigenvalue weighted by Gasteiger charge is -2.32. The van der Waals surface area contributed by atoms with E-state index in [4.69, 9.17) is 4.74 Å². The van der Waals surface area contributed by atoms with E-state index in [1.54, 1.807) is 10.9 Å². The molecule has 1 N–H and O–H groups in total. The fourth-order valence-electron chi connectivity index (χ4n) is 3.35. The summed E-state index contributed by atoms with van der Waals surface area (Å²) in [5, 5.41) is 6.10. The average molecular weight is 275 g/mol. The van der Waals surface area contributed by atoms with Crippen LogP contribution in [0.25, 0.3) is 10.8 Å². The van der Waals surface area contributed by atoms with Crippen LogP contribution >= 0.6 is 0 Å². The van der Waals surface area contributed by atoms with Gasteiger partial charge in [0.15, 0.2) is 0 Å². The van der Waals surface area contributed by atoms with Gasteiger partial charge in [-0.15, -0.1) is 0 Å². The smallest absolute Gasteiger partial charge is 0.276 e. The van der Waals surface area contributed by atoms with Crippen molar-refractivity contribution in [2.75, 3.05) is 0 Å². The van der Waals surface area contributed by atoms with Gasteiger partial charge in [-0.25, -0.2) is 4.68 Å². The first-order valence-corrected chi connectivity index (χ1v) is 7.19. The van der Waals surface area contributed by atoms with Gasteiger partial charge in [0, 0.05) is 16.8 Å². The van der Waals surface area contributed by atoms with E-state index in [0.29, 0.717) is 0 Å². The maximum atomic E-state index is 12.7. The second-order valence-electron chi connectivity index (χ2n) is 5.94. The molecule has 1 saturated heterocycles. The number of nitrogens with zero attached hydrogens (tertiary/aromatic N) is 2. The van der Waals surface area contributed by atoms with Crippen molar-refractivity contribution in [3.63, 3.8) is 0 Å². The number of aryl methyl sites for hydroxylation is 2. The van der Waals surface area contributed by atoms with Gasteiger partial charge < -0.3 is 9.72 Å². The van der Waals surface area contributed by atoms with Crippen LogP contribution in [0.15, 0.2) is 11.0 Å². The molecule has 0 radical (unpaired) electrons. The van der Waals surface area contributed by atoms with Gasteiger partial charge >= 0.3 is 0 Å². The standard InChI is InChI=1S/C15H21N3O2/c1-8-5-12(6-9(2)20-8)18-15(19)14-11(4)17-10(3)13(14)7-16-18/h7-9,12,17H,5-6H2,1-4H3. The van der Waals surface area contributed by atoms with Crippen molar-refractivity contribution >= 4 is 10.8 Å². The average Bonchev–Trinajstić information content (AvgIpc) is 2.64. The molecule has 5 heteroatoms. The lowest BCUT2D eigenvalue weighted by Crippen LogP contribution is -2.36. The molecule has 1 fully saturated rings. The molecule has 0 amide bonds. The summed E-state index contributed by atoms with van der Waals surface area (Å²) >= 11 is 0. The zero-order valence-corrected chi connectivity index (χ0v) is 12.4. The lowest BCUT2D eigenvalue weighted by atomic mass is 10.00. The Balaban J connectivity index is 2.11. The van der Waals surface area contributed by atoms with Gasteiger partial charge in [0.2, 0.25) is 0 Å². The summed E-state index contributed by atoms with van der Waals surface area (Å²) in [6, 6.07) is 0.125. The van der Waals surface area contributed by atoms with Gasteiger partial charge in [0.25, 0.3) is 5.56 Å². The molecule has 20 heavy (non-hydrogen) atoms. The predicted octanol–water partition coefficient (Wildman–Crippen LogP) is 2.47. The molecule has 2 aromatic heterocycles. The molecule has 5 nitrogen and oxygen atoms in total. The van der Waals surface area contributed by atoms with Crippen LogP contribution < -0.4 is 5.56 Å². The summed E-state index contributed by atoms with van der Waals surface area (Å²) in [6.45, 7) is 8.02. The quantitative estimate of drug-likeness (QED) is 0.869. The zero-order chi connectivity index (χ0) is 14.4. The number of hydrogen-bond donors (Lipinski definition) is 1. The Morgan fingerprint density at radius 1 is 1.25 bits per heavy atom. The Morgan fingerprint density at radius 2 is 1.90 bits per heavy atom. The van der Waals surface area contributed by atoms with Crippen LogP contribution in [0.1, 0.15) is 44.1 Å². The third kappa shape index (κ3) is 2.06. The van der Waals surface area contributed by atoms with Crippen molar-refractivity contribution in [1.29, 1.82) is 0 Å². The molecule has 108 valence electrons. The minimum Gasteiger partial charge on any atom is -0.375 e. The second kappa shape index (κ2) is 4.74. The summed E-state index contributed by atoms with van der Waals surface area (Å²) in [6.07, 6.45) is 3.82. The molecule has 1 aliphatic heterocycles. The van der Waals surface area contributed by atoms with Crippen molar-refractivity contribution in [1.82, 2.24) is 14.8 Å². The van der Waals surface area contributed by atoms with Gasteiger partial charge in [-0.05, 0) is 40.5 Å². The summed E-state index contributed by atoms with van der Waals surface area (Å²) in [4.78, 5) is 15.9. The summed E-state index contributed by atoms with van der Waals surface area (Å²) in [5.74, 6) is 0. The Hall–Kier alpha value is -1.62. The largest absolute Gasteiger partial charge is 0.375 e. The van der Waals surface area contributed by atoms with Crippen molar-refractivity contribution in [3.8, 4) is 0 Å². The van der Waals surface area contributed by atoms with Crippen LogP contribution in [0.2, 0.25) is 0 Å². The first-order valence-electron chi connectivity index (χ1n) is 7.19. The van der Waals surface area contributed by atoms with Crippen LogP contribution in [0.3, 0.4) is 0 Å². The summed E-state index contributed by atoms with van der Waals surface area (Å²) in [5.41, 5.74) is 1.94. The molecule has 0 saturated carbocycles. The third-order valence-electron chi connectivity index (χ3n) is 4.18. The Labute approximate surface area is 117 Å². The second-order valence-corrected chi connectivity index (χ2v) is 5.94. The van der Waals surface area contributed by atoms with E-state index in [-0.39, 0.29) is 23.8 Å².